The Balaban J connectivity index is 1.66. The van der Waals surface area contributed by atoms with E-state index < -0.39 is 0 Å². The first-order chi connectivity index (χ1) is 8.86. The van der Waals surface area contributed by atoms with Crippen LogP contribution in [0.4, 0.5) is 5.82 Å². The third kappa shape index (κ3) is 3.66. The number of nitrogens with two attached hydrogens (primary N) is 1. The number of para-hydroxylation sites is 1. The monoisotopic (exact) mass is 244 g/mol. The number of pyridine rings is 1. The molecule has 0 unspecified atom stereocenters. The second-order valence-electron chi connectivity index (χ2n) is 3.75. The summed E-state index contributed by atoms with van der Waals surface area (Å²) in [6.07, 6.45) is 2.43. The number of rotatable bonds is 6. The van der Waals surface area contributed by atoms with E-state index in [0.717, 1.165) is 12.2 Å². The molecule has 2 rings (SSSR count). The Morgan fingerprint density at radius 1 is 0.944 bits per heavy atom. The van der Waals surface area contributed by atoms with Gasteiger partial charge in [0.25, 0.3) is 0 Å². The largest absolute Gasteiger partial charge is 0.493 e. The van der Waals surface area contributed by atoms with Crippen LogP contribution in [0.3, 0.4) is 0 Å². The van der Waals surface area contributed by atoms with Gasteiger partial charge in [0, 0.05) is 12.6 Å². The second-order valence-corrected chi connectivity index (χ2v) is 3.75. The van der Waals surface area contributed by atoms with Crippen molar-refractivity contribution in [2.45, 2.75) is 6.42 Å². The van der Waals surface area contributed by atoms with Gasteiger partial charge in [0.05, 0.1) is 13.2 Å². The van der Waals surface area contributed by atoms with Gasteiger partial charge in [-0.15, -0.1) is 0 Å². The summed E-state index contributed by atoms with van der Waals surface area (Å²) < 4.78 is 11.1. The van der Waals surface area contributed by atoms with E-state index in [4.69, 9.17) is 15.2 Å². The minimum absolute atomic E-state index is 0.418. The van der Waals surface area contributed by atoms with Crippen molar-refractivity contribution in [2.75, 3.05) is 18.9 Å². The molecule has 0 spiro atoms. The van der Waals surface area contributed by atoms with E-state index in [1.54, 1.807) is 18.3 Å². The molecule has 1 aromatic carbocycles. The molecular formula is C14H16N2O2. The van der Waals surface area contributed by atoms with Crippen LogP contribution in [0, 0.1) is 0 Å². The predicted octanol–water partition coefficient (Wildman–Crippen LogP) is 2.51. The van der Waals surface area contributed by atoms with Gasteiger partial charge in [-0.25, -0.2) is 4.98 Å². The summed E-state index contributed by atoms with van der Waals surface area (Å²) in [5.74, 6) is 1.91. The zero-order chi connectivity index (χ0) is 12.6. The molecule has 2 aromatic rings. The van der Waals surface area contributed by atoms with E-state index in [9.17, 15) is 0 Å². The lowest BCUT2D eigenvalue weighted by molar-refractivity contribution is 0.248. The molecule has 0 amide bonds. The molecule has 1 heterocycles. The van der Waals surface area contributed by atoms with Gasteiger partial charge < -0.3 is 15.2 Å². The van der Waals surface area contributed by atoms with Gasteiger partial charge in [0.2, 0.25) is 0 Å². The smallest absolute Gasteiger partial charge is 0.166 e. The molecule has 0 aliphatic carbocycles. The third-order valence-corrected chi connectivity index (χ3v) is 2.36. The summed E-state index contributed by atoms with van der Waals surface area (Å²) in [6, 6.07) is 13.3. The van der Waals surface area contributed by atoms with Crippen molar-refractivity contribution in [3.05, 3.63) is 48.7 Å². The predicted molar refractivity (Wildman–Crippen MR) is 70.7 cm³/mol. The summed E-state index contributed by atoms with van der Waals surface area (Å²) in [6.45, 7) is 1.17. The maximum atomic E-state index is 5.66. The number of nitrogens with zero attached hydrogens (tertiary/aromatic N) is 1. The zero-order valence-corrected chi connectivity index (χ0v) is 10.1. The van der Waals surface area contributed by atoms with Crippen LogP contribution in [-0.4, -0.2) is 18.2 Å². The quantitative estimate of drug-likeness (QED) is 0.793. The minimum Gasteiger partial charge on any atom is -0.493 e. The third-order valence-electron chi connectivity index (χ3n) is 2.36. The summed E-state index contributed by atoms with van der Waals surface area (Å²) in [5.41, 5.74) is 5.66. The SMILES string of the molecule is Nc1ncccc1OCCCOc1ccccc1. The molecule has 2 N–H and O–H groups in total. The molecule has 1 aromatic heterocycles. The van der Waals surface area contributed by atoms with Crippen LogP contribution in [0.1, 0.15) is 6.42 Å². The first-order valence-electron chi connectivity index (χ1n) is 5.87. The highest BCUT2D eigenvalue weighted by Gasteiger charge is 1.99. The average Bonchev–Trinajstić information content (AvgIpc) is 2.42. The lowest BCUT2D eigenvalue weighted by Crippen LogP contribution is -2.06. The van der Waals surface area contributed by atoms with E-state index >= 15 is 0 Å². The maximum Gasteiger partial charge on any atom is 0.166 e. The van der Waals surface area contributed by atoms with Gasteiger partial charge >= 0.3 is 0 Å². The summed E-state index contributed by atoms with van der Waals surface area (Å²) in [7, 11) is 0. The Morgan fingerprint density at radius 3 is 2.50 bits per heavy atom. The first-order valence-corrected chi connectivity index (χ1v) is 5.87. The maximum absolute atomic E-state index is 5.66. The fourth-order valence-corrected chi connectivity index (χ4v) is 1.47. The molecule has 0 bridgehead atoms. The topological polar surface area (TPSA) is 57.4 Å². The lowest BCUT2D eigenvalue weighted by atomic mass is 10.3. The van der Waals surface area contributed by atoms with E-state index in [1.165, 1.54) is 0 Å². The van der Waals surface area contributed by atoms with Gasteiger partial charge in [0.15, 0.2) is 11.6 Å². The Kier molecular flexibility index (Phi) is 4.41. The number of hydrogen-bond donors (Lipinski definition) is 1. The van der Waals surface area contributed by atoms with Gasteiger partial charge in [-0.1, -0.05) is 18.2 Å². The highest BCUT2D eigenvalue weighted by atomic mass is 16.5. The van der Waals surface area contributed by atoms with Crippen molar-refractivity contribution in [1.82, 2.24) is 4.98 Å². The van der Waals surface area contributed by atoms with Gasteiger partial charge in [-0.05, 0) is 24.3 Å². The van der Waals surface area contributed by atoms with Crippen molar-refractivity contribution < 1.29 is 9.47 Å². The van der Waals surface area contributed by atoms with E-state index in [-0.39, 0.29) is 0 Å². The number of nitrogen functional groups attached to an aromatic ring is 1. The summed E-state index contributed by atoms with van der Waals surface area (Å²) in [4.78, 5) is 3.95. The molecule has 4 heteroatoms. The van der Waals surface area contributed by atoms with Gasteiger partial charge in [0.1, 0.15) is 5.75 Å². The molecule has 4 nitrogen and oxygen atoms in total. The van der Waals surface area contributed by atoms with Crippen LogP contribution >= 0.6 is 0 Å². The van der Waals surface area contributed by atoms with Crippen LogP contribution in [0.25, 0.3) is 0 Å². The van der Waals surface area contributed by atoms with Crippen LogP contribution in [-0.2, 0) is 0 Å². The molecule has 0 atom stereocenters. The molecule has 0 fully saturated rings. The second kappa shape index (κ2) is 6.49. The van der Waals surface area contributed by atoms with Crippen molar-refractivity contribution >= 4 is 5.82 Å². The van der Waals surface area contributed by atoms with Crippen LogP contribution < -0.4 is 15.2 Å². The highest BCUT2D eigenvalue weighted by Crippen LogP contribution is 2.16. The van der Waals surface area contributed by atoms with Gasteiger partial charge in [-0.3, -0.25) is 0 Å². The molecule has 18 heavy (non-hydrogen) atoms. The van der Waals surface area contributed by atoms with E-state index in [0.29, 0.717) is 24.8 Å². The van der Waals surface area contributed by atoms with E-state index in [2.05, 4.69) is 4.98 Å². The molecule has 0 saturated heterocycles. The molecule has 0 aliphatic rings. The molecule has 94 valence electrons. The summed E-state index contributed by atoms with van der Waals surface area (Å²) >= 11 is 0. The highest BCUT2D eigenvalue weighted by molar-refractivity contribution is 5.44. The fraction of sp³-hybridized carbons (Fsp3) is 0.214. The molecule has 0 saturated carbocycles. The Morgan fingerprint density at radius 2 is 1.72 bits per heavy atom. The van der Waals surface area contributed by atoms with Crippen molar-refractivity contribution in [3.8, 4) is 11.5 Å². The number of benzene rings is 1. The lowest BCUT2D eigenvalue weighted by Gasteiger charge is -2.08. The van der Waals surface area contributed by atoms with Crippen LogP contribution in [0.5, 0.6) is 11.5 Å². The Hall–Kier alpha value is -2.23. The Labute approximate surface area is 106 Å². The fourth-order valence-electron chi connectivity index (χ4n) is 1.47. The molecule has 0 aliphatic heterocycles. The molecular weight excluding hydrogens is 228 g/mol. The van der Waals surface area contributed by atoms with Crippen molar-refractivity contribution in [3.63, 3.8) is 0 Å². The molecule has 0 radical (unpaired) electrons. The summed E-state index contributed by atoms with van der Waals surface area (Å²) in [5, 5.41) is 0. The van der Waals surface area contributed by atoms with Crippen molar-refractivity contribution in [2.24, 2.45) is 0 Å². The van der Waals surface area contributed by atoms with Crippen LogP contribution in [0.15, 0.2) is 48.7 Å². The number of ether oxygens (including phenoxy) is 2. The number of hydrogen-bond acceptors (Lipinski definition) is 4. The Bertz CT molecular complexity index is 474. The minimum atomic E-state index is 0.418. The number of aromatic nitrogens is 1. The normalized spacial score (nSPS) is 10.0. The van der Waals surface area contributed by atoms with E-state index in [1.807, 2.05) is 30.3 Å². The average molecular weight is 244 g/mol. The zero-order valence-electron chi connectivity index (χ0n) is 10.1. The standard InChI is InChI=1S/C14H16N2O2/c15-14-13(8-4-9-16-14)18-11-5-10-17-12-6-2-1-3-7-12/h1-4,6-9H,5,10-11H2,(H2,15,16). The van der Waals surface area contributed by atoms with Gasteiger partial charge in [-0.2, -0.15) is 0 Å². The number of anilines is 1. The van der Waals surface area contributed by atoms with Crippen molar-refractivity contribution in [1.29, 1.82) is 0 Å². The first kappa shape index (κ1) is 12.2. The van der Waals surface area contributed by atoms with Crippen LogP contribution in [0.2, 0.25) is 0 Å².